The highest BCUT2D eigenvalue weighted by Gasteiger charge is 2.21. The Morgan fingerprint density at radius 3 is 2.70 bits per heavy atom. The Morgan fingerprint density at radius 2 is 2.15 bits per heavy atom. The number of benzene rings is 1. The number of hydrogen-bond donors (Lipinski definition) is 2. The number of aromatic nitrogens is 2. The van der Waals surface area contributed by atoms with Gasteiger partial charge in [-0.1, -0.05) is 19.9 Å². The van der Waals surface area contributed by atoms with E-state index in [4.69, 9.17) is 0 Å². The maximum atomic E-state index is 11.4. The number of para-hydroxylation sites is 1. The van der Waals surface area contributed by atoms with Crippen molar-refractivity contribution in [2.75, 3.05) is 6.61 Å². The van der Waals surface area contributed by atoms with Crippen LogP contribution in [0.4, 0.5) is 0 Å². The number of rotatable bonds is 6. The fraction of sp³-hybridized carbons (Fsp3) is 0.467. The highest BCUT2D eigenvalue weighted by atomic mass is 16.4. The summed E-state index contributed by atoms with van der Waals surface area (Å²) in [6, 6.07) is 5.23. The van der Waals surface area contributed by atoms with Crippen molar-refractivity contribution in [3.8, 4) is 0 Å². The first-order valence-corrected chi connectivity index (χ1v) is 6.97. The summed E-state index contributed by atoms with van der Waals surface area (Å²) in [7, 11) is 0. The second kappa shape index (κ2) is 6.05. The Kier molecular flexibility index (Phi) is 4.39. The molecule has 0 saturated heterocycles. The van der Waals surface area contributed by atoms with Crippen molar-refractivity contribution in [1.82, 2.24) is 9.55 Å². The van der Waals surface area contributed by atoms with E-state index in [1.165, 1.54) is 0 Å². The van der Waals surface area contributed by atoms with E-state index in [0.717, 1.165) is 18.7 Å². The quantitative estimate of drug-likeness (QED) is 0.850. The topological polar surface area (TPSA) is 75.3 Å². The maximum absolute atomic E-state index is 11.4. The predicted octanol–water partition coefficient (Wildman–Crippen LogP) is 2.63. The molecule has 2 aromatic rings. The molecule has 0 amide bonds. The van der Waals surface area contributed by atoms with Gasteiger partial charge in [-0.3, -0.25) is 0 Å². The lowest BCUT2D eigenvalue weighted by Crippen LogP contribution is -2.14. The van der Waals surface area contributed by atoms with Gasteiger partial charge in [-0.05, 0) is 25.0 Å². The lowest BCUT2D eigenvalue weighted by Gasteiger charge is -2.20. The van der Waals surface area contributed by atoms with Crippen molar-refractivity contribution >= 4 is 17.0 Å². The standard InChI is InChI=1S/C15H20N2O3/c1-3-10(8-9-18)17-13(4-2)16-12-7-5-6-11(14(12)17)15(19)20/h5-7,10,18H,3-4,8-9H2,1-2H3,(H,19,20). The molecule has 108 valence electrons. The van der Waals surface area contributed by atoms with Crippen LogP contribution in [0.1, 0.15) is 48.9 Å². The van der Waals surface area contributed by atoms with E-state index < -0.39 is 5.97 Å². The molecule has 1 aromatic heterocycles. The number of imidazole rings is 1. The van der Waals surface area contributed by atoms with Crippen molar-refractivity contribution in [2.45, 2.75) is 39.2 Å². The summed E-state index contributed by atoms with van der Waals surface area (Å²) >= 11 is 0. The van der Waals surface area contributed by atoms with E-state index in [2.05, 4.69) is 4.98 Å². The van der Waals surface area contributed by atoms with Crippen LogP contribution in [0, 0.1) is 0 Å². The van der Waals surface area contributed by atoms with Crippen LogP contribution in [0.25, 0.3) is 11.0 Å². The second-order valence-electron chi connectivity index (χ2n) is 4.80. The Labute approximate surface area is 117 Å². The molecular formula is C15H20N2O3. The first-order chi connectivity index (χ1) is 9.63. The van der Waals surface area contributed by atoms with Gasteiger partial charge in [0.2, 0.25) is 0 Å². The second-order valence-corrected chi connectivity index (χ2v) is 4.80. The van der Waals surface area contributed by atoms with Crippen LogP contribution < -0.4 is 0 Å². The average molecular weight is 276 g/mol. The number of aliphatic hydroxyl groups excluding tert-OH is 1. The minimum atomic E-state index is -0.946. The SMILES string of the molecule is CCc1nc2cccc(C(=O)O)c2n1C(CC)CCO. The molecule has 0 bridgehead atoms. The number of nitrogens with zero attached hydrogens (tertiary/aromatic N) is 2. The van der Waals surface area contributed by atoms with Crippen molar-refractivity contribution in [3.63, 3.8) is 0 Å². The number of aliphatic hydroxyl groups is 1. The van der Waals surface area contributed by atoms with E-state index in [9.17, 15) is 15.0 Å². The maximum Gasteiger partial charge on any atom is 0.337 e. The molecule has 20 heavy (non-hydrogen) atoms. The van der Waals surface area contributed by atoms with E-state index in [1.54, 1.807) is 12.1 Å². The van der Waals surface area contributed by atoms with Gasteiger partial charge in [0.15, 0.2) is 0 Å². The van der Waals surface area contributed by atoms with Crippen LogP contribution >= 0.6 is 0 Å². The molecule has 2 N–H and O–H groups in total. The smallest absolute Gasteiger partial charge is 0.337 e. The highest BCUT2D eigenvalue weighted by Crippen LogP contribution is 2.28. The number of carbonyl (C=O) groups is 1. The molecule has 0 aliphatic rings. The molecule has 0 aliphatic heterocycles. The minimum absolute atomic E-state index is 0.0699. The van der Waals surface area contributed by atoms with Crippen LogP contribution in [0.3, 0.4) is 0 Å². The first kappa shape index (κ1) is 14.5. The fourth-order valence-corrected chi connectivity index (χ4v) is 2.68. The molecule has 1 unspecified atom stereocenters. The summed E-state index contributed by atoms with van der Waals surface area (Å²) < 4.78 is 2.00. The molecule has 1 heterocycles. The summed E-state index contributed by atoms with van der Waals surface area (Å²) in [6.07, 6.45) is 2.16. The van der Waals surface area contributed by atoms with Crippen LogP contribution in [0.2, 0.25) is 0 Å². The van der Waals surface area contributed by atoms with E-state index in [0.29, 0.717) is 17.5 Å². The Hall–Kier alpha value is -1.88. The molecule has 0 saturated carbocycles. The van der Waals surface area contributed by atoms with Gasteiger partial charge in [0.25, 0.3) is 0 Å². The lowest BCUT2D eigenvalue weighted by atomic mass is 10.1. The summed E-state index contributed by atoms with van der Waals surface area (Å²) in [5.41, 5.74) is 1.64. The van der Waals surface area contributed by atoms with Gasteiger partial charge < -0.3 is 14.8 Å². The molecular weight excluding hydrogens is 256 g/mol. The molecule has 0 radical (unpaired) electrons. The first-order valence-electron chi connectivity index (χ1n) is 6.97. The summed E-state index contributed by atoms with van der Waals surface area (Å²) in [5.74, 6) is -0.0766. The van der Waals surface area contributed by atoms with Gasteiger partial charge in [-0.25, -0.2) is 9.78 Å². The van der Waals surface area contributed by atoms with Crippen molar-refractivity contribution < 1.29 is 15.0 Å². The third kappa shape index (κ3) is 2.41. The molecule has 2 rings (SSSR count). The molecule has 0 aliphatic carbocycles. The van der Waals surface area contributed by atoms with E-state index in [1.807, 2.05) is 24.5 Å². The van der Waals surface area contributed by atoms with Crippen molar-refractivity contribution in [1.29, 1.82) is 0 Å². The van der Waals surface area contributed by atoms with Gasteiger partial charge in [0.05, 0.1) is 16.6 Å². The van der Waals surface area contributed by atoms with Gasteiger partial charge in [0.1, 0.15) is 5.82 Å². The zero-order chi connectivity index (χ0) is 14.7. The summed E-state index contributed by atoms with van der Waals surface area (Å²) in [4.78, 5) is 16.0. The van der Waals surface area contributed by atoms with Crippen LogP contribution in [-0.2, 0) is 6.42 Å². The largest absolute Gasteiger partial charge is 0.478 e. The van der Waals surface area contributed by atoms with E-state index in [-0.39, 0.29) is 18.2 Å². The van der Waals surface area contributed by atoms with Crippen LogP contribution in [0.15, 0.2) is 18.2 Å². The van der Waals surface area contributed by atoms with Crippen molar-refractivity contribution in [3.05, 3.63) is 29.6 Å². The van der Waals surface area contributed by atoms with Crippen LogP contribution in [-0.4, -0.2) is 32.3 Å². The average Bonchev–Trinajstić information content (AvgIpc) is 2.82. The third-order valence-corrected chi connectivity index (χ3v) is 3.63. The zero-order valence-corrected chi connectivity index (χ0v) is 11.8. The Balaban J connectivity index is 2.74. The van der Waals surface area contributed by atoms with Gasteiger partial charge >= 0.3 is 5.97 Å². The van der Waals surface area contributed by atoms with Crippen molar-refractivity contribution in [2.24, 2.45) is 0 Å². The minimum Gasteiger partial charge on any atom is -0.478 e. The van der Waals surface area contributed by atoms with Crippen LogP contribution in [0.5, 0.6) is 0 Å². The number of hydrogen-bond acceptors (Lipinski definition) is 3. The number of carboxylic acid groups (broad SMARTS) is 1. The molecule has 0 spiro atoms. The number of aromatic carboxylic acids is 1. The molecule has 0 fully saturated rings. The number of aryl methyl sites for hydroxylation is 1. The number of carboxylic acids is 1. The Bertz CT molecular complexity index is 619. The van der Waals surface area contributed by atoms with Gasteiger partial charge in [-0.15, -0.1) is 0 Å². The third-order valence-electron chi connectivity index (χ3n) is 3.63. The molecule has 5 heteroatoms. The van der Waals surface area contributed by atoms with Gasteiger partial charge in [-0.2, -0.15) is 0 Å². The predicted molar refractivity (Wildman–Crippen MR) is 77.1 cm³/mol. The van der Waals surface area contributed by atoms with Gasteiger partial charge in [0, 0.05) is 19.1 Å². The molecule has 1 atom stereocenters. The van der Waals surface area contributed by atoms with E-state index >= 15 is 0 Å². The lowest BCUT2D eigenvalue weighted by molar-refractivity contribution is 0.0698. The number of fused-ring (bicyclic) bond motifs is 1. The highest BCUT2D eigenvalue weighted by molar-refractivity contribution is 6.01. The summed E-state index contributed by atoms with van der Waals surface area (Å²) in [5, 5.41) is 18.6. The Morgan fingerprint density at radius 1 is 1.40 bits per heavy atom. The normalized spacial score (nSPS) is 12.8. The molecule has 1 aromatic carbocycles. The monoisotopic (exact) mass is 276 g/mol. The summed E-state index contributed by atoms with van der Waals surface area (Å²) in [6.45, 7) is 4.12. The molecule has 5 nitrogen and oxygen atoms in total. The fourth-order valence-electron chi connectivity index (χ4n) is 2.68. The zero-order valence-electron chi connectivity index (χ0n) is 11.8.